The maximum absolute atomic E-state index is 12.4. The Hall–Kier alpha value is -3.36. The van der Waals surface area contributed by atoms with Crippen LogP contribution in [0.5, 0.6) is 11.5 Å². The molecule has 0 saturated carbocycles. The van der Waals surface area contributed by atoms with Gasteiger partial charge in [-0.1, -0.05) is 12.1 Å². The lowest BCUT2D eigenvalue weighted by Crippen LogP contribution is -2.12. The minimum absolute atomic E-state index is 0.00568. The topological polar surface area (TPSA) is 97.8 Å². The van der Waals surface area contributed by atoms with Crippen molar-refractivity contribution in [1.82, 2.24) is 4.98 Å². The van der Waals surface area contributed by atoms with E-state index in [1.807, 2.05) is 0 Å². The Morgan fingerprint density at radius 3 is 2.75 bits per heavy atom. The molecular weight excluding hydrogens is 375 g/mol. The lowest BCUT2D eigenvalue weighted by molar-refractivity contribution is -0.132. The Balaban J connectivity index is 2.27. The van der Waals surface area contributed by atoms with E-state index in [0.29, 0.717) is 17.5 Å². The molecule has 0 aliphatic rings. The van der Waals surface area contributed by atoms with E-state index in [0.717, 1.165) is 6.20 Å². The van der Waals surface area contributed by atoms with Crippen LogP contribution in [0.2, 0.25) is 0 Å². The molecule has 0 saturated heterocycles. The molecule has 0 fully saturated rings. The van der Waals surface area contributed by atoms with E-state index in [9.17, 15) is 23.1 Å². The first-order chi connectivity index (χ1) is 13.4. The minimum Gasteiger partial charge on any atom is -0.507 e. The summed E-state index contributed by atoms with van der Waals surface area (Å²) < 4.78 is 42.8. The number of allylic oxidation sites excluding steroid dienone is 1. The lowest BCUT2D eigenvalue weighted by Gasteiger charge is -2.12. The van der Waals surface area contributed by atoms with Gasteiger partial charge in [0.2, 0.25) is 0 Å². The summed E-state index contributed by atoms with van der Waals surface area (Å²) in [5.41, 5.74) is 6.38. The quantitative estimate of drug-likeness (QED) is 0.529. The smallest absolute Gasteiger partial charge is 0.390 e. The molecule has 0 aliphatic carbocycles. The van der Waals surface area contributed by atoms with Crippen molar-refractivity contribution in [2.45, 2.75) is 19.2 Å². The number of carbonyl (C=O) groups is 1. The molecule has 2 rings (SSSR count). The van der Waals surface area contributed by atoms with Gasteiger partial charge in [0.1, 0.15) is 18.1 Å². The SMILES string of the molecule is NC=CC(=NCCC(F)(F)F)c1ncccc1COc1cccc(O)c1C=O. The molecule has 1 heterocycles. The molecule has 0 radical (unpaired) electrons. The highest BCUT2D eigenvalue weighted by Crippen LogP contribution is 2.26. The molecule has 0 bridgehead atoms. The number of halogens is 3. The molecule has 1 aromatic heterocycles. The molecular formula is C19H18F3N3O3. The zero-order chi connectivity index (χ0) is 20.6. The van der Waals surface area contributed by atoms with Crippen molar-refractivity contribution in [3.8, 4) is 11.5 Å². The molecule has 0 atom stereocenters. The Morgan fingerprint density at radius 2 is 2.07 bits per heavy atom. The molecule has 28 heavy (non-hydrogen) atoms. The number of benzene rings is 1. The van der Waals surface area contributed by atoms with E-state index in [1.54, 1.807) is 12.1 Å². The second kappa shape index (κ2) is 9.54. The third-order valence-corrected chi connectivity index (χ3v) is 3.61. The van der Waals surface area contributed by atoms with Crippen LogP contribution in [0.3, 0.4) is 0 Å². The van der Waals surface area contributed by atoms with Gasteiger partial charge in [0.15, 0.2) is 6.29 Å². The second-order valence-corrected chi connectivity index (χ2v) is 5.60. The number of phenols is 1. The first-order valence-corrected chi connectivity index (χ1v) is 8.19. The summed E-state index contributed by atoms with van der Waals surface area (Å²) in [5, 5.41) is 9.71. The molecule has 0 spiro atoms. The molecule has 0 aliphatic heterocycles. The molecule has 6 nitrogen and oxygen atoms in total. The fourth-order valence-corrected chi connectivity index (χ4v) is 2.32. The largest absolute Gasteiger partial charge is 0.507 e. The van der Waals surface area contributed by atoms with Gasteiger partial charge in [0, 0.05) is 18.3 Å². The van der Waals surface area contributed by atoms with Gasteiger partial charge in [-0.15, -0.1) is 0 Å². The lowest BCUT2D eigenvalue weighted by atomic mass is 10.1. The van der Waals surface area contributed by atoms with Crippen LogP contribution in [0.25, 0.3) is 0 Å². The zero-order valence-corrected chi connectivity index (χ0v) is 14.7. The van der Waals surface area contributed by atoms with E-state index in [4.69, 9.17) is 10.5 Å². The number of nitrogens with zero attached hydrogens (tertiary/aromatic N) is 2. The van der Waals surface area contributed by atoms with Gasteiger partial charge in [-0.05, 0) is 30.5 Å². The predicted molar refractivity (Wildman–Crippen MR) is 97.5 cm³/mol. The number of rotatable bonds is 8. The van der Waals surface area contributed by atoms with E-state index >= 15 is 0 Å². The van der Waals surface area contributed by atoms with Crippen molar-refractivity contribution in [3.63, 3.8) is 0 Å². The first kappa shape index (κ1) is 20.9. The van der Waals surface area contributed by atoms with Crippen LogP contribution in [0, 0.1) is 0 Å². The Bertz CT molecular complexity index is 880. The number of aromatic nitrogens is 1. The second-order valence-electron chi connectivity index (χ2n) is 5.60. The number of pyridine rings is 1. The number of carbonyl (C=O) groups excluding carboxylic acids is 1. The minimum atomic E-state index is -4.32. The highest BCUT2D eigenvalue weighted by molar-refractivity contribution is 6.08. The summed E-state index contributed by atoms with van der Waals surface area (Å²) in [4.78, 5) is 19.2. The van der Waals surface area contributed by atoms with Gasteiger partial charge >= 0.3 is 6.18 Å². The van der Waals surface area contributed by atoms with Crippen molar-refractivity contribution < 1.29 is 27.8 Å². The zero-order valence-electron chi connectivity index (χ0n) is 14.7. The number of aldehydes is 1. The average Bonchev–Trinajstić information content (AvgIpc) is 2.65. The number of nitrogens with two attached hydrogens (primary N) is 1. The summed E-state index contributed by atoms with van der Waals surface area (Å²) in [6.45, 7) is -0.522. The predicted octanol–water partition coefficient (Wildman–Crippen LogP) is 3.39. The van der Waals surface area contributed by atoms with Crippen LogP contribution in [-0.2, 0) is 6.61 Å². The van der Waals surface area contributed by atoms with Crippen molar-refractivity contribution >= 4 is 12.0 Å². The van der Waals surface area contributed by atoms with Gasteiger partial charge in [-0.25, -0.2) is 0 Å². The van der Waals surface area contributed by atoms with E-state index in [-0.39, 0.29) is 29.4 Å². The number of alkyl halides is 3. The highest BCUT2D eigenvalue weighted by Gasteiger charge is 2.26. The van der Waals surface area contributed by atoms with Crippen LogP contribution in [0.4, 0.5) is 13.2 Å². The molecule has 0 amide bonds. The van der Waals surface area contributed by atoms with Gasteiger partial charge in [0.05, 0.1) is 23.4 Å². The number of hydrogen-bond acceptors (Lipinski definition) is 6. The van der Waals surface area contributed by atoms with Crippen molar-refractivity contribution in [2.75, 3.05) is 6.54 Å². The Kier molecular flexibility index (Phi) is 7.14. The van der Waals surface area contributed by atoms with Gasteiger partial charge < -0.3 is 15.6 Å². The number of phenolic OH excluding ortho intramolecular Hbond substituents is 1. The number of ether oxygens (including phenoxy) is 1. The average molecular weight is 393 g/mol. The van der Waals surface area contributed by atoms with Gasteiger partial charge in [-0.3, -0.25) is 14.8 Å². The fraction of sp³-hybridized carbons (Fsp3) is 0.211. The van der Waals surface area contributed by atoms with Crippen molar-refractivity contribution in [3.05, 3.63) is 65.6 Å². The van der Waals surface area contributed by atoms with Gasteiger partial charge in [0.25, 0.3) is 0 Å². The number of aromatic hydroxyl groups is 1. The molecule has 9 heteroatoms. The summed E-state index contributed by atoms with van der Waals surface area (Å²) in [5.74, 6) is -0.0610. The summed E-state index contributed by atoms with van der Waals surface area (Å²) in [6, 6.07) is 7.67. The third kappa shape index (κ3) is 5.83. The van der Waals surface area contributed by atoms with E-state index < -0.39 is 19.1 Å². The summed E-state index contributed by atoms with van der Waals surface area (Å²) in [6.07, 6.45) is -0.945. The van der Waals surface area contributed by atoms with E-state index in [2.05, 4.69) is 9.98 Å². The Labute approximate surface area is 159 Å². The van der Waals surface area contributed by atoms with Crippen LogP contribution < -0.4 is 10.5 Å². The van der Waals surface area contributed by atoms with Crippen molar-refractivity contribution in [2.24, 2.45) is 10.7 Å². The molecule has 0 unspecified atom stereocenters. The maximum Gasteiger partial charge on any atom is 0.390 e. The van der Waals surface area contributed by atoms with E-state index in [1.165, 1.54) is 30.5 Å². The van der Waals surface area contributed by atoms with Crippen LogP contribution in [-0.4, -0.2) is 34.8 Å². The number of aliphatic imine (C=N–C) groups is 1. The molecule has 148 valence electrons. The summed E-state index contributed by atoms with van der Waals surface area (Å²) in [7, 11) is 0. The standard InChI is InChI=1S/C19H18F3N3O3/c20-19(21,22)7-10-24-15(6-8-23)18-13(3-2-9-25-18)12-28-17-5-1-4-16(27)14(17)11-26/h1-6,8-9,11,27H,7,10,12,23H2. The first-order valence-electron chi connectivity index (χ1n) is 8.19. The molecule has 1 aromatic carbocycles. The third-order valence-electron chi connectivity index (χ3n) is 3.61. The highest BCUT2D eigenvalue weighted by atomic mass is 19.4. The van der Waals surface area contributed by atoms with Crippen LogP contribution >= 0.6 is 0 Å². The van der Waals surface area contributed by atoms with Crippen LogP contribution in [0.15, 0.2) is 53.8 Å². The molecule has 3 N–H and O–H groups in total. The Morgan fingerprint density at radius 1 is 1.29 bits per heavy atom. The normalized spacial score (nSPS) is 12.3. The monoisotopic (exact) mass is 393 g/mol. The number of hydrogen-bond donors (Lipinski definition) is 2. The summed E-state index contributed by atoms with van der Waals surface area (Å²) >= 11 is 0. The van der Waals surface area contributed by atoms with Crippen molar-refractivity contribution in [1.29, 1.82) is 0 Å². The van der Waals surface area contributed by atoms with Gasteiger partial charge in [-0.2, -0.15) is 13.2 Å². The maximum atomic E-state index is 12.4. The van der Waals surface area contributed by atoms with Crippen LogP contribution in [0.1, 0.15) is 28.0 Å². The fourth-order valence-electron chi connectivity index (χ4n) is 2.32. The molecule has 2 aromatic rings.